The maximum atomic E-state index is 12.2. The highest BCUT2D eigenvalue weighted by molar-refractivity contribution is 5.77. The first-order valence-corrected chi connectivity index (χ1v) is 6.95. The van der Waals surface area contributed by atoms with E-state index in [0.717, 1.165) is 11.1 Å². The zero-order valence-corrected chi connectivity index (χ0v) is 12.5. The third-order valence-electron chi connectivity index (χ3n) is 3.10. The average molecular weight is 285 g/mol. The standard InChI is InChI=1S/C17H19NO3/c1-4-15(17(19)20-14-7-9-18-10-8-14)21-16-6-5-12(2)11-13(16)3/h5-11,15H,4H2,1-3H3. The van der Waals surface area contributed by atoms with Crippen LogP contribution in [0.1, 0.15) is 24.5 Å². The van der Waals surface area contributed by atoms with Gasteiger partial charge >= 0.3 is 5.97 Å². The number of benzene rings is 1. The van der Waals surface area contributed by atoms with Crippen LogP contribution in [0.4, 0.5) is 0 Å². The van der Waals surface area contributed by atoms with Crippen molar-refractivity contribution < 1.29 is 14.3 Å². The van der Waals surface area contributed by atoms with Gasteiger partial charge in [0.25, 0.3) is 0 Å². The molecule has 2 aromatic rings. The van der Waals surface area contributed by atoms with Crippen LogP contribution >= 0.6 is 0 Å². The Hall–Kier alpha value is -2.36. The molecule has 0 aliphatic rings. The molecule has 0 aliphatic heterocycles. The Bertz CT molecular complexity index is 611. The molecule has 1 aromatic carbocycles. The van der Waals surface area contributed by atoms with Gasteiger partial charge in [-0.15, -0.1) is 0 Å². The zero-order chi connectivity index (χ0) is 15.2. The summed E-state index contributed by atoms with van der Waals surface area (Å²) in [5.74, 6) is 0.778. The zero-order valence-electron chi connectivity index (χ0n) is 12.5. The van der Waals surface area contributed by atoms with E-state index in [-0.39, 0.29) is 0 Å². The Morgan fingerprint density at radius 1 is 1.19 bits per heavy atom. The van der Waals surface area contributed by atoms with E-state index in [4.69, 9.17) is 9.47 Å². The van der Waals surface area contributed by atoms with Crippen molar-refractivity contribution in [2.45, 2.75) is 33.3 Å². The van der Waals surface area contributed by atoms with Crippen LogP contribution in [0.2, 0.25) is 0 Å². The predicted molar refractivity (Wildman–Crippen MR) is 80.5 cm³/mol. The smallest absolute Gasteiger partial charge is 0.352 e. The predicted octanol–water partition coefficient (Wildman–Crippen LogP) is 3.46. The van der Waals surface area contributed by atoms with Crippen LogP contribution in [0.15, 0.2) is 42.7 Å². The average Bonchev–Trinajstić information content (AvgIpc) is 2.47. The fraction of sp³-hybridized carbons (Fsp3) is 0.294. The first-order chi connectivity index (χ1) is 10.1. The highest BCUT2D eigenvalue weighted by Gasteiger charge is 2.21. The molecule has 0 amide bonds. The number of hydrogen-bond acceptors (Lipinski definition) is 4. The van der Waals surface area contributed by atoms with Crippen LogP contribution in [0.25, 0.3) is 0 Å². The van der Waals surface area contributed by atoms with Gasteiger partial charge in [-0.2, -0.15) is 0 Å². The van der Waals surface area contributed by atoms with Crippen molar-refractivity contribution in [1.82, 2.24) is 4.98 Å². The van der Waals surface area contributed by atoms with Crippen LogP contribution in [-0.2, 0) is 4.79 Å². The Kier molecular flexibility index (Phi) is 4.93. The largest absolute Gasteiger partial charge is 0.478 e. The molecule has 2 rings (SSSR count). The molecular formula is C17H19NO3. The van der Waals surface area contributed by atoms with Crippen molar-refractivity contribution in [3.8, 4) is 11.5 Å². The number of nitrogens with zero attached hydrogens (tertiary/aromatic N) is 1. The number of pyridine rings is 1. The number of esters is 1. The van der Waals surface area contributed by atoms with Gasteiger partial charge in [0, 0.05) is 12.4 Å². The molecular weight excluding hydrogens is 266 g/mol. The third-order valence-corrected chi connectivity index (χ3v) is 3.10. The van der Waals surface area contributed by atoms with Gasteiger partial charge in [0.15, 0.2) is 6.10 Å². The van der Waals surface area contributed by atoms with Crippen molar-refractivity contribution in [2.75, 3.05) is 0 Å². The number of carbonyl (C=O) groups is 1. The first-order valence-electron chi connectivity index (χ1n) is 6.95. The molecule has 0 spiro atoms. The lowest BCUT2D eigenvalue weighted by atomic mass is 10.1. The Morgan fingerprint density at radius 3 is 2.52 bits per heavy atom. The molecule has 0 saturated carbocycles. The first kappa shape index (κ1) is 15.0. The van der Waals surface area contributed by atoms with E-state index in [1.165, 1.54) is 0 Å². The minimum Gasteiger partial charge on any atom is -0.478 e. The lowest BCUT2D eigenvalue weighted by molar-refractivity contribution is -0.142. The van der Waals surface area contributed by atoms with E-state index in [1.807, 2.05) is 39.0 Å². The van der Waals surface area contributed by atoms with E-state index < -0.39 is 12.1 Å². The van der Waals surface area contributed by atoms with Crippen LogP contribution in [-0.4, -0.2) is 17.1 Å². The van der Waals surface area contributed by atoms with Gasteiger partial charge in [-0.3, -0.25) is 4.98 Å². The third kappa shape index (κ3) is 4.05. The second kappa shape index (κ2) is 6.88. The highest BCUT2D eigenvalue weighted by Crippen LogP contribution is 2.21. The maximum absolute atomic E-state index is 12.2. The Labute approximate surface area is 124 Å². The van der Waals surface area contributed by atoms with Crippen LogP contribution in [0.5, 0.6) is 11.5 Å². The van der Waals surface area contributed by atoms with Gasteiger partial charge in [-0.05, 0) is 44.0 Å². The summed E-state index contributed by atoms with van der Waals surface area (Å²) in [4.78, 5) is 16.0. The number of carbonyl (C=O) groups excluding carboxylic acids is 1. The summed E-state index contributed by atoms with van der Waals surface area (Å²) in [5.41, 5.74) is 2.16. The van der Waals surface area contributed by atoms with E-state index in [9.17, 15) is 4.79 Å². The summed E-state index contributed by atoms with van der Waals surface area (Å²) in [7, 11) is 0. The fourth-order valence-electron chi connectivity index (χ4n) is 1.97. The Morgan fingerprint density at radius 2 is 1.90 bits per heavy atom. The Balaban J connectivity index is 2.07. The van der Waals surface area contributed by atoms with Crippen molar-refractivity contribution in [2.24, 2.45) is 0 Å². The summed E-state index contributed by atoms with van der Waals surface area (Å²) in [5, 5.41) is 0. The molecule has 1 unspecified atom stereocenters. The second-order valence-electron chi connectivity index (χ2n) is 4.89. The molecule has 0 aliphatic carbocycles. The van der Waals surface area contributed by atoms with E-state index in [1.54, 1.807) is 24.5 Å². The molecule has 1 aromatic heterocycles. The van der Waals surface area contributed by atoms with Crippen molar-refractivity contribution >= 4 is 5.97 Å². The molecule has 0 radical (unpaired) electrons. The number of aromatic nitrogens is 1. The minimum atomic E-state index is -0.625. The van der Waals surface area contributed by atoms with Gasteiger partial charge in [-0.1, -0.05) is 24.6 Å². The van der Waals surface area contributed by atoms with E-state index in [0.29, 0.717) is 17.9 Å². The summed E-state index contributed by atoms with van der Waals surface area (Å²) >= 11 is 0. The number of rotatable bonds is 5. The minimum absolute atomic E-state index is 0.399. The monoisotopic (exact) mass is 285 g/mol. The highest BCUT2D eigenvalue weighted by atomic mass is 16.6. The molecule has 21 heavy (non-hydrogen) atoms. The summed E-state index contributed by atoms with van der Waals surface area (Å²) < 4.78 is 11.1. The molecule has 0 fully saturated rings. The fourth-order valence-corrected chi connectivity index (χ4v) is 1.97. The number of ether oxygens (including phenoxy) is 2. The lowest BCUT2D eigenvalue weighted by Crippen LogP contribution is -2.31. The second-order valence-corrected chi connectivity index (χ2v) is 4.89. The summed E-state index contributed by atoms with van der Waals surface area (Å²) in [6.07, 6.45) is 3.07. The molecule has 1 heterocycles. The normalized spacial score (nSPS) is 11.8. The molecule has 0 N–H and O–H groups in total. The van der Waals surface area contributed by atoms with Gasteiger partial charge in [0.05, 0.1) is 0 Å². The van der Waals surface area contributed by atoms with Gasteiger partial charge in [-0.25, -0.2) is 4.79 Å². The SMILES string of the molecule is CCC(Oc1ccc(C)cc1C)C(=O)Oc1ccncc1. The molecule has 1 atom stereocenters. The number of aryl methyl sites for hydroxylation is 2. The summed E-state index contributed by atoms with van der Waals surface area (Å²) in [6, 6.07) is 9.15. The van der Waals surface area contributed by atoms with Gasteiger partial charge in [0.1, 0.15) is 11.5 Å². The van der Waals surface area contributed by atoms with Crippen molar-refractivity contribution in [1.29, 1.82) is 0 Å². The van der Waals surface area contributed by atoms with Crippen LogP contribution in [0.3, 0.4) is 0 Å². The van der Waals surface area contributed by atoms with Crippen LogP contribution in [0, 0.1) is 13.8 Å². The van der Waals surface area contributed by atoms with Gasteiger partial charge < -0.3 is 9.47 Å². The van der Waals surface area contributed by atoms with E-state index in [2.05, 4.69) is 4.98 Å². The van der Waals surface area contributed by atoms with E-state index >= 15 is 0 Å². The topological polar surface area (TPSA) is 48.4 Å². The van der Waals surface area contributed by atoms with Crippen LogP contribution < -0.4 is 9.47 Å². The molecule has 4 heteroatoms. The maximum Gasteiger partial charge on any atom is 0.352 e. The summed E-state index contributed by atoms with van der Waals surface area (Å²) in [6.45, 7) is 5.87. The lowest BCUT2D eigenvalue weighted by Gasteiger charge is -2.18. The molecule has 4 nitrogen and oxygen atoms in total. The van der Waals surface area contributed by atoms with Crippen molar-refractivity contribution in [3.05, 3.63) is 53.9 Å². The number of hydrogen-bond donors (Lipinski definition) is 0. The van der Waals surface area contributed by atoms with Gasteiger partial charge in [0.2, 0.25) is 0 Å². The molecule has 0 saturated heterocycles. The molecule has 0 bridgehead atoms. The molecule has 110 valence electrons. The quantitative estimate of drug-likeness (QED) is 0.789. The van der Waals surface area contributed by atoms with Crippen molar-refractivity contribution in [3.63, 3.8) is 0 Å².